The lowest BCUT2D eigenvalue weighted by atomic mass is 9.89. The van der Waals surface area contributed by atoms with E-state index in [1.807, 2.05) is 46.2 Å². The standard InChI is InChI=1S/C23H26N2O3/c26-21-8-6-18(7-9-21)19-10-13-24(14-11-19)23(28)20-4-1-3-17(15-20)16-25-12-2-5-22(25)27/h1,3-4,6-9,15,19,26H,2,5,10-14,16H2. The minimum Gasteiger partial charge on any atom is -0.508 e. The number of aromatic hydroxyl groups is 1. The lowest BCUT2D eigenvalue weighted by Crippen LogP contribution is -2.38. The average Bonchev–Trinajstić information content (AvgIpc) is 3.13. The summed E-state index contributed by atoms with van der Waals surface area (Å²) in [6.07, 6.45) is 3.42. The van der Waals surface area contributed by atoms with Gasteiger partial charge in [-0.1, -0.05) is 24.3 Å². The van der Waals surface area contributed by atoms with E-state index >= 15 is 0 Å². The fourth-order valence-corrected chi connectivity index (χ4v) is 4.24. The van der Waals surface area contributed by atoms with Gasteiger partial charge in [0.15, 0.2) is 0 Å². The van der Waals surface area contributed by atoms with E-state index in [1.54, 1.807) is 12.1 Å². The number of hydrogen-bond acceptors (Lipinski definition) is 3. The number of piperidine rings is 1. The summed E-state index contributed by atoms with van der Waals surface area (Å²) in [6, 6.07) is 15.1. The molecule has 0 saturated carbocycles. The number of rotatable bonds is 4. The number of amides is 2. The molecule has 0 spiro atoms. The van der Waals surface area contributed by atoms with Crippen molar-refractivity contribution in [2.45, 2.75) is 38.1 Å². The van der Waals surface area contributed by atoms with E-state index in [9.17, 15) is 14.7 Å². The van der Waals surface area contributed by atoms with Crippen molar-refractivity contribution < 1.29 is 14.7 Å². The zero-order valence-electron chi connectivity index (χ0n) is 16.0. The molecule has 0 unspecified atom stereocenters. The van der Waals surface area contributed by atoms with E-state index in [0.717, 1.165) is 44.5 Å². The van der Waals surface area contributed by atoms with Crippen molar-refractivity contribution in [2.75, 3.05) is 19.6 Å². The molecule has 2 aliphatic heterocycles. The van der Waals surface area contributed by atoms with Crippen LogP contribution >= 0.6 is 0 Å². The summed E-state index contributed by atoms with van der Waals surface area (Å²) in [5, 5.41) is 9.45. The van der Waals surface area contributed by atoms with Gasteiger partial charge in [0.1, 0.15) is 5.75 Å². The maximum absolute atomic E-state index is 13.0. The molecular weight excluding hydrogens is 352 g/mol. The molecule has 2 heterocycles. The Morgan fingerprint density at radius 3 is 2.46 bits per heavy atom. The van der Waals surface area contributed by atoms with Crippen molar-refractivity contribution in [1.29, 1.82) is 0 Å². The predicted molar refractivity (Wildman–Crippen MR) is 107 cm³/mol. The van der Waals surface area contributed by atoms with Crippen molar-refractivity contribution in [3.05, 3.63) is 65.2 Å². The zero-order valence-corrected chi connectivity index (χ0v) is 16.0. The quantitative estimate of drug-likeness (QED) is 0.885. The Morgan fingerprint density at radius 1 is 1.04 bits per heavy atom. The maximum Gasteiger partial charge on any atom is 0.253 e. The maximum atomic E-state index is 13.0. The molecule has 2 amide bonds. The average molecular weight is 378 g/mol. The minimum atomic E-state index is 0.0683. The first kappa shape index (κ1) is 18.5. The number of hydrogen-bond donors (Lipinski definition) is 1. The number of phenols is 1. The second-order valence-electron chi connectivity index (χ2n) is 7.78. The van der Waals surface area contributed by atoms with Crippen LogP contribution in [0.25, 0.3) is 0 Å². The second-order valence-corrected chi connectivity index (χ2v) is 7.78. The second kappa shape index (κ2) is 8.05. The zero-order chi connectivity index (χ0) is 19.5. The van der Waals surface area contributed by atoms with Gasteiger partial charge >= 0.3 is 0 Å². The van der Waals surface area contributed by atoms with Gasteiger partial charge in [-0.2, -0.15) is 0 Å². The van der Waals surface area contributed by atoms with Crippen molar-refractivity contribution in [3.63, 3.8) is 0 Å². The fourth-order valence-electron chi connectivity index (χ4n) is 4.24. The van der Waals surface area contributed by atoms with Gasteiger partial charge < -0.3 is 14.9 Å². The SMILES string of the molecule is O=C1CCCN1Cc1cccc(C(=O)N2CCC(c3ccc(O)cc3)CC2)c1. The van der Waals surface area contributed by atoms with Crippen molar-refractivity contribution in [1.82, 2.24) is 9.80 Å². The molecule has 5 nitrogen and oxygen atoms in total. The van der Waals surface area contributed by atoms with E-state index in [1.165, 1.54) is 5.56 Å². The first-order valence-electron chi connectivity index (χ1n) is 10.0. The summed E-state index contributed by atoms with van der Waals surface area (Å²) in [5.41, 5.74) is 2.94. The van der Waals surface area contributed by atoms with E-state index < -0.39 is 0 Å². The van der Waals surface area contributed by atoms with E-state index in [4.69, 9.17) is 0 Å². The summed E-state index contributed by atoms with van der Waals surface area (Å²) in [5.74, 6) is 0.982. The highest BCUT2D eigenvalue weighted by Crippen LogP contribution is 2.29. The fraction of sp³-hybridized carbons (Fsp3) is 0.391. The molecule has 2 aromatic carbocycles. The highest BCUT2D eigenvalue weighted by atomic mass is 16.3. The van der Waals surface area contributed by atoms with Crippen molar-refractivity contribution in [2.24, 2.45) is 0 Å². The van der Waals surface area contributed by atoms with Crippen LogP contribution in [0.2, 0.25) is 0 Å². The smallest absolute Gasteiger partial charge is 0.253 e. The molecule has 5 heteroatoms. The number of phenolic OH excluding ortho intramolecular Hbond substituents is 1. The van der Waals surface area contributed by atoms with Crippen LogP contribution < -0.4 is 0 Å². The van der Waals surface area contributed by atoms with Gasteiger partial charge in [0, 0.05) is 38.2 Å². The summed E-state index contributed by atoms with van der Waals surface area (Å²) in [4.78, 5) is 28.6. The van der Waals surface area contributed by atoms with Crippen LogP contribution in [0.5, 0.6) is 5.75 Å². The number of carbonyl (C=O) groups is 2. The molecule has 0 bridgehead atoms. The topological polar surface area (TPSA) is 60.9 Å². The van der Waals surface area contributed by atoms with Crippen LogP contribution in [0.1, 0.15) is 53.1 Å². The first-order valence-corrected chi connectivity index (χ1v) is 10.0. The summed E-state index contributed by atoms with van der Waals surface area (Å²) in [7, 11) is 0. The normalized spacial score (nSPS) is 17.9. The highest BCUT2D eigenvalue weighted by molar-refractivity contribution is 5.94. The molecule has 0 aliphatic carbocycles. The van der Waals surface area contributed by atoms with Crippen LogP contribution in [-0.2, 0) is 11.3 Å². The van der Waals surface area contributed by atoms with Gasteiger partial charge in [0.2, 0.25) is 5.91 Å². The van der Waals surface area contributed by atoms with Crippen LogP contribution in [0.3, 0.4) is 0 Å². The molecular formula is C23H26N2O3. The molecule has 1 N–H and O–H groups in total. The molecule has 28 heavy (non-hydrogen) atoms. The van der Waals surface area contributed by atoms with Crippen LogP contribution in [0.15, 0.2) is 48.5 Å². The van der Waals surface area contributed by atoms with Crippen LogP contribution in [0.4, 0.5) is 0 Å². The largest absolute Gasteiger partial charge is 0.508 e. The molecule has 0 aromatic heterocycles. The highest BCUT2D eigenvalue weighted by Gasteiger charge is 2.25. The van der Waals surface area contributed by atoms with Crippen molar-refractivity contribution in [3.8, 4) is 5.75 Å². The number of carbonyl (C=O) groups excluding carboxylic acids is 2. The Bertz CT molecular complexity index is 854. The van der Waals surface area contributed by atoms with Gasteiger partial charge in [-0.3, -0.25) is 9.59 Å². The number of likely N-dealkylation sites (tertiary alicyclic amines) is 2. The van der Waals surface area contributed by atoms with Crippen LogP contribution in [-0.4, -0.2) is 46.4 Å². The summed E-state index contributed by atoms with van der Waals surface area (Å²) in [6.45, 7) is 2.86. The Morgan fingerprint density at radius 2 is 1.79 bits per heavy atom. The van der Waals surface area contributed by atoms with Gasteiger partial charge in [-0.15, -0.1) is 0 Å². The molecule has 2 fully saturated rings. The molecule has 4 rings (SSSR count). The summed E-state index contributed by atoms with van der Waals surface area (Å²) >= 11 is 0. The minimum absolute atomic E-state index is 0.0683. The Kier molecular flexibility index (Phi) is 5.33. The first-order chi connectivity index (χ1) is 13.6. The van der Waals surface area contributed by atoms with Crippen molar-refractivity contribution >= 4 is 11.8 Å². The van der Waals surface area contributed by atoms with Gasteiger partial charge in [-0.25, -0.2) is 0 Å². The van der Waals surface area contributed by atoms with E-state index in [-0.39, 0.29) is 17.6 Å². The lowest BCUT2D eigenvalue weighted by Gasteiger charge is -2.32. The molecule has 0 radical (unpaired) electrons. The lowest BCUT2D eigenvalue weighted by molar-refractivity contribution is -0.128. The number of nitrogens with zero attached hydrogens (tertiary/aromatic N) is 2. The monoisotopic (exact) mass is 378 g/mol. The summed E-state index contributed by atoms with van der Waals surface area (Å²) < 4.78 is 0. The third-order valence-corrected chi connectivity index (χ3v) is 5.87. The van der Waals surface area contributed by atoms with E-state index in [2.05, 4.69) is 0 Å². The third-order valence-electron chi connectivity index (χ3n) is 5.87. The molecule has 2 saturated heterocycles. The van der Waals surface area contributed by atoms with Gasteiger partial charge in [0.25, 0.3) is 5.91 Å². The van der Waals surface area contributed by atoms with Crippen LogP contribution in [0, 0.1) is 0 Å². The Labute approximate surface area is 165 Å². The number of benzene rings is 2. The van der Waals surface area contributed by atoms with Gasteiger partial charge in [-0.05, 0) is 60.6 Å². The molecule has 2 aromatic rings. The molecule has 2 aliphatic rings. The Balaban J connectivity index is 1.38. The van der Waals surface area contributed by atoms with E-state index in [0.29, 0.717) is 24.4 Å². The third kappa shape index (κ3) is 4.03. The van der Waals surface area contributed by atoms with Gasteiger partial charge in [0.05, 0.1) is 0 Å². The predicted octanol–water partition coefficient (Wildman–Crippen LogP) is 3.53. The molecule has 0 atom stereocenters. The Hall–Kier alpha value is -2.82. The molecule has 146 valence electrons.